The molecule has 1 unspecified atom stereocenters. The van der Waals surface area contributed by atoms with Crippen molar-refractivity contribution in [3.05, 3.63) is 11.8 Å². The molecule has 1 aromatic rings. The molecule has 3 N–H and O–H groups in total. The van der Waals surface area contributed by atoms with Crippen LogP contribution in [-0.4, -0.2) is 32.9 Å². The van der Waals surface area contributed by atoms with Crippen molar-refractivity contribution < 1.29 is 14.7 Å². The molecule has 0 aromatic carbocycles. The maximum Gasteiger partial charge on any atom is 0.325 e. The predicted molar refractivity (Wildman–Crippen MR) is 57.2 cm³/mol. The Bertz CT molecular complexity index is 393. The number of carbonyl (C=O) groups is 2. The number of nitrogens with zero attached hydrogens (tertiary/aromatic N) is 2. The second kappa shape index (κ2) is 4.65. The van der Waals surface area contributed by atoms with Gasteiger partial charge in [-0.1, -0.05) is 0 Å². The van der Waals surface area contributed by atoms with Crippen molar-refractivity contribution >= 4 is 17.8 Å². The zero-order chi connectivity index (χ0) is 12.3. The number of aliphatic carboxylic acids is 1. The Morgan fingerprint density at radius 3 is 2.62 bits per heavy atom. The molecule has 2 amide bonds. The van der Waals surface area contributed by atoms with E-state index in [-0.39, 0.29) is 0 Å². The van der Waals surface area contributed by atoms with Crippen LogP contribution in [-0.2, 0) is 11.8 Å². The molecule has 1 aromatic heterocycles. The predicted octanol–water partition coefficient (Wildman–Crippen LogP) is 0.323. The summed E-state index contributed by atoms with van der Waals surface area (Å²) in [6, 6.07) is 0.156. The van der Waals surface area contributed by atoms with Crippen molar-refractivity contribution in [1.29, 1.82) is 0 Å². The minimum atomic E-state index is -1.09. The number of hydrogen-bond donors (Lipinski definition) is 3. The second-order valence-electron chi connectivity index (χ2n) is 3.45. The van der Waals surface area contributed by atoms with E-state index >= 15 is 0 Å². The Labute approximate surface area is 92.4 Å². The van der Waals surface area contributed by atoms with Crippen molar-refractivity contribution in [2.75, 3.05) is 5.32 Å². The lowest BCUT2D eigenvalue weighted by molar-refractivity contribution is -0.138. The third-order valence-corrected chi connectivity index (χ3v) is 2.07. The lowest BCUT2D eigenvalue weighted by Gasteiger charge is -2.08. The van der Waals surface area contributed by atoms with Gasteiger partial charge in [0.1, 0.15) is 6.04 Å². The van der Waals surface area contributed by atoms with Crippen LogP contribution in [0.3, 0.4) is 0 Å². The SMILES string of the molecule is Cc1cc(NC(=O)NC(C)C(=O)O)nn1C. The molecule has 0 aliphatic rings. The molecule has 0 spiro atoms. The van der Waals surface area contributed by atoms with Crippen LogP contribution in [0.15, 0.2) is 6.07 Å². The van der Waals surface area contributed by atoms with Gasteiger partial charge >= 0.3 is 12.0 Å². The summed E-state index contributed by atoms with van der Waals surface area (Å²) in [5.74, 6) is -0.706. The van der Waals surface area contributed by atoms with Crippen LogP contribution in [0.4, 0.5) is 10.6 Å². The average molecular weight is 226 g/mol. The summed E-state index contributed by atoms with van der Waals surface area (Å²) in [5, 5.41) is 17.3. The molecule has 7 heteroatoms. The molecule has 0 saturated carbocycles. The highest BCUT2D eigenvalue weighted by Gasteiger charge is 2.14. The number of carboxylic acid groups (broad SMARTS) is 1. The van der Waals surface area contributed by atoms with E-state index in [1.165, 1.54) is 6.92 Å². The topological polar surface area (TPSA) is 96.2 Å². The lowest BCUT2D eigenvalue weighted by Crippen LogP contribution is -2.40. The lowest BCUT2D eigenvalue weighted by atomic mass is 10.3. The number of carboxylic acids is 1. The van der Waals surface area contributed by atoms with Gasteiger partial charge in [-0.25, -0.2) is 4.79 Å². The number of hydrogen-bond acceptors (Lipinski definition) is 3. The van der Waals surface area contributed by atoms with Gasteiger partial charge in [0, 0.05) is 18.8 Å². The zero-order valence-corrected chi connectivity index (χ0v) is 9.31. The number of nitrogens with one attached hydrogen (secondary N) is 2. The number of carbonyl (C=O) groups excluding carboxylic acids is 1. The standard InChI is InChI=1S/C9H14N4O3/c1-5-4-7(12-13(5)3)11-9(16)10-6(2)8(14)15/h4,6H,1-3H3,(H,14,15)(H2,10,11,12,16). The third-order valence-electron chi connectivity index (χ3n) is 2.07. The first-order valence-electron chi connectivity index (χ1n) is 4.71. The molecule has 0 aliphatic carbocycles. The number of amides is 2. The summed E-state index contributed by atoms with van der Waals surface area (Å²) in [6.07, 6.45) is 0. The van der Waals surface area contributed by atoms with E-state index in [4.69, 9.17) is 5.11 Å². The normalized spacial score (nSPS) is 11.9. The van der Waals surface area contributed by atoms with Crippen LogP contribution >= 0.6 is 0 Å². The van der Waals surface area contributed by atoms with E-state index in [2.05, 4.69) is 15.7 Å². The first-order chi connectivity index (χ1) is 7.40. The van der Waals surface area contributed by atoms with E-state index in [9.17, 15) is 9.59 Å². The van der Waals surface area contributed by atoms with Crippen LogP contribution < -0.4 is 10.6 Å². The molecule has 7 nitrogen and oxygen atoms in total. The van der Waals surface area contributed by atoms with Crippen molar-refractivity contribution in [2.45, 2.75) is 19.9 Å². The van der Waals surface area contributed by atoms with Crippen LogP contribution in [0, 0.1) is 6.92 Å². The van der Waals surface area contributed by atoms with Crippen LogP contribution in [0.2, 0.25) is 0 Å². The molecule has 0 fully saturated rings. The van der Waals surface area contributed by atoms with Crippen molar-refractivity contribution in [3.8, 4) is 0 Å². The molecule has 88 valence electrons. The van der Waals surface area contributed by atoms with E-state index in [0.29, 0.717) is 5.82 Å². The van der Waals surface area contributed by atoms with Gasteiger partial charge in [-0.15, -0.1) is 0 Å². The third kappa shape index (κ3) is 2.97. The Hall–Kier alpha value is -2.05. The molecule has 1 atom stereocenters. The highest BCUT2D eigenvalue weighted by Crippen LogP contribution is 2.06. The monoisotopic (exact) mass is 226 g/mol. The highest BCUT2D eigenvalue weighted by atomic mass is 16.4. The van der Waals surface area contributed by atoms with Crippen molar-refractivity contribution in [1.82, 2.24) is 15.1 Å². The van der Waals surface area contributed by atoms with E-state index in [1.807, 2.05) is 6.92 Å². The molecular formula is C9H14N4O3. The first-order valence-corrected chi connectivity index (χ1v) is 4.71. The van der Waals surface area contributed by atoms with Gasteiger partial charge in [0.2, 0.25) is 0 Å². The summed E-state index contributed by atoms with van der Waals surface area (Å²) < 4.78 is 1.61. The Kier molecular flexibility index (Phi) is 3.49. The Morgan fingerprint density at radius 2 is 2.19 bits per heavy atom. The van der Waals surface area contributed by atoms with Gasteiger partial charge in [0.25, 0.3) is 0 Å². The number of urea groups is 1. The second-order valence-corrected chi connectivity index (χ2v) is 3.45. The maximum atomic E-state index is 11.3. The van der Waals surface area contributed by atoms with E-state index in [0.717, 1.165) is 5.69 Å². The molecule has 0 saturated heterocycles. The van der Waals surface area contributed by atoms with Crippen molar-refractivity contribution in [2.24, 2.45) is 7.05 Å². The summed E-state index contributed by atoms with van der Waals surface area (Å²) in [4.78, 5) is 21.8. The fourth-order valence-corrected chi connectivity index (χ4v) is 1.03. The number of anilines is 1. The Balaban J connectivity index is 2.55. The van der Waals surface area contributed by atoms with Crippen molar-refractivity contribution in [3.63, 3.8) is 0 Å². The summed E-state index contributed by atoms with van der Waals surface area (Å²) in [6.45, 7) is 3.22. The van der Waals surface area contributed by atoms with Gasteiger partial charge in [-0.3, -0.25) is 14.8 Å². The van der Waals surface area contributed by atoms with E-state index in [1.54, 1.807) is 17.8 Å². The molecule has 16 heavy (non-hydrogen) atoms. The highest BCUT2D eigenvalue weighted by molar-refractivity contribution is 5.91. The first kappa shape index (κ1) is 12.0. The molecule has 0 bridgehead atoms. The fourth-order valence-electron chi connectivity index (χ4n) is 1.03. The summed E-state index contributed by atoms with van der Waals surface area (Å²) >= 11 is 0. The zero-order valence-electron chi connectivity index (χ0n) is 9.31. The summed E-state index contributed by atoms with van der Waals surface area (Å²) in [7, 11) is 1.75. The van der Waals surface area contributed by atoms with Crippen LogP contribution in [0.5, 0.6) is 0 Å². The van der Waals surface area contributed by atoms with E-state index < -0.39 is 18.0 Å². The number of rotatable bonds is 3. The largest absolute Gasteiger partial charge is 0.480 e. The minimum absolute atomic E-state index is 0.384. The Morgan fingerprint density at radius 1 is 1.56 bits per heavy atom. The summed E-state index contributed by atoms with van der Waals surface area (Å²) in [5.41, 5.74) is 0.890. The minimum Gasteiger partial charge on any atom is -0.480 e. The molecule has 1 heterocycles. The van der Waals surface area contributed by atoms with Crippen LogP contribution in [0.25, 0.3) is 0 Å². The average Bonchev–Trinajstić information content (AvgIpc) is 2.45. The van der Waals surface area contributed by atoms with Gasteiger partial charge in [-0.05, 0) is 13.8 Å². The molecule has 1 rings (SSSR count). The smallest absolute Gasteiger partial charge is 0.325 e. The molecule has 0 radical (unpaired) electrons. The molecule has 0 aliphatic heterocycles. The van der Waals surface area contributed by atoms with Gasteiger partial charge in [0.15, 0.2) is 5.82 Å². The van der Waals surface area contributed by atoms with Gasteiger partial charge < -0.3 is 10.4 Å². The number of aromatic nitrogens is 2. The fraction of sp³-hybridized carbons (Fsp3) is 0.444. The maximum absolute atomic E-state index is 11.3. The molecular weight excluding hydrogens is 212 g/mol. The van der Waals surface area contributed by atoms with Gasteiger partial charge in [0.05, 0.1) is 0 Å². The van der Waals surface area contributed by atoms with Gasteiger partial charge in [-0.2, -0.15) is 5.10 Å². The quantitative estimate of drug-likeness (QED) is 0.691. The number of aryl methyl sites for hydroxylation is 2. The van der Waals surface area contributed by atoms with Crippen LogP contribution in [0.1, 0.15) is 12.6 Å².